The third-order valence-electron chi connectivity index (χ3n) is 5.58. The summed E-state index contributed by atoms with van der Waals surface area (Å²) in [6, 6.07) is 14.6. The van der Waals surface area contributed by atoms with Crippen molar-refractivity contribution < 1.29 is 9.15 Å². The van der Waals surface area contributed by atoms with Gasteiger partial charge in [0.25, 0.3) is 0 Å². The number of aryl methyl sites for hydroxylation is 2. The number of hydrogen-bond donors (Lipinski definition) is 0. The predicted molar refractivity (Wildman–Crippen MR) is 117 cm³/mol. The van der Waals surface area contributed by atoms with Crippen LogP contribution >= 0.6 is 0 Å². The first-order valence-corrected chi connectivity index (χ1v) is 10.3. The van der Waals surface area contributed by atoms with E-state index in [0.717, 1.165) is 49.7 Å². The minimum Gasteiger partial charge on any atom is -0.493 e. The van der Waals surface area contributed by atoms with E-state index in [2.05, 4.69) is 41.8 Å². The number of hydrogen-bond acceptors (Lipinski definition) is 5. The number of piperazine rings is 1. The molecule has 5 heteroatoms. The molecule has 1 fully saturated rings. The number of benzene rings is 2. The van der Waals surface area contributed by atoms with Crippen LogP contribution in [0.2, 0.25) is 0 Å². The molecule has 0 aliphatic carbocycles. The van der Waals surface area contributed by atoms with E-state index in [0.29, 0.717) is 12.5 Å². The second-order valence-corrected chi connectivity index (χ2v) is 7.60. The summed E-state index contributed by atoms with van der Waals surface area (Å²) in [6.07, 6.45) is 1.77. The number of oxazole rings is 1. The smallest absolute Gasteiger partial charge is 0.229 e. The Hall–Kier alpha value is -2.79. The van der Waals surface area contributed by atoms with Crippen LogP contribution in [-0.2, 0) is 6.54 Å². The van der Waals surface area contributed by atoms with E-state index in [4.69, 9.17) is 14.1 Å². The van der Waals surface area contributed by atoms with Crippen molar-refractivity contribution in [2.45, 2.75) is 27.3 Å². The van der Waals surface area contributed by atoms with Crippen molar-refractivity contribution in [3.8, 4) is 17.2 Å². The van der Waals surface area contributed by atoms with Crippen molar-refractivity contribution in [2.75, 3.05) is 37.7 Å². The van der Waals surface area contributed by atoms with Crippen LogP contribution in [0.5, 0.6) is 5.75 Å². The normalized spacial score (nSPS) is 14.9. The van der Waals surface area contributed by atoms with E-state index < -0.39 is 0 Å². The zero-order valence-corrected chi connectivity index (χ0v) is 17.5. The Bertz CT molecular complexity index is 958. The van der Waals surface area contributed by atoms with Gasteiger partial charge < -0.3 is 14.1 Å². The van der Waals surface area contributed by atoms with Crippen LogP contribution in [0.25, 0.3) is 11.5 Å². The molecular formula is C24H29N3O2. The molecule has 0 unspecified atom stereocenters. The average molecular weight is 392 g/mol. The molecule has 1 aliphatic rings. The molecule has 0 amide bonds. The van der Waals surface area contributed by atoms with E-state index in [9.17, 15) is 0 Å². The van der Waals surface area contributed by atoms with Gasteiger partial charge in [-0.2, -0.15) is 0 Å². The molecule has 2 heterocycles. The van der Waals surface area contributed by atoms with Gasteiger partial charge in [0.05, 0.1) is 17.9 Å². The maximum absolute atomic E-state index is 5.77. The van der Waals surface area contributed by atoms with Crippen LogP contribution in [0, 0.1) is 13.8 Å². The quantitative estimate of drug-likeness (QED) is 0.610. The van der Waals surface area contributed by atoms with Gasteiger partial charge in [-0.3, -0.25) is 4.90 Å². The van der Waals surface area contributed by atoms with E-state index in [1.807, 2.05) is 31.2 Å². The minimum atomic E-state index is 0.620. The van der Waals surface area contributed by atoms with Gasteiger partial charge in [-0.25, -0.2) is 4.98 Å². The predicted octanol–water partition coefficient (Wildman–Crippen LogP) is 4.68. The Morgan fingerprint density at radius 3 is 2.55 bits per heavy atom. The van der Waals surface area contributed by atoms with Crippen molar-refractivity contribution in [2.24, 2.45) is 0 Å². The van der Waals surface area contributed by atoms with Crippen LogP contribution in [0.1, 0.15) is 23.7 Å². The van der Waals surface area contributed by atoms with Crippen LogP contribution < -0.4 is 9.64 Å². The molecule has 0 N–H and O–H groups in total. The summed E-state index contributed by atoms with van der Waals surface area (Å²) in [4.78, 5) is 9.62. The summed E-state index contributed by atoms with van der Waals surface area (Å²) >= 11 is 0. The maximum Gasteiger partial charge on any atom is 0.229 e. The van der Waals surface area contributed by atoms with Crippen molar-refractivity contribution in [3.63, 3.8) is 0 Å². The minimum absolute atomic E-state index is 0.620. The van der Waals surface area contributed by atoms with Gasteiger partial charge in [0.1, 0.15) is 12.0 Å². The highest BCUT2D eigenvalue weighted by Gasteiger charge is 2.19. The van der Waals surface area contributed by atoms with Gasteiger partial charge >= 0.3 is 0 Å². The zero-order valence-electron chi connectivity index (χ0n) is 17.5. The average Bonchev–Trinajstić information content (AvgIpc) is 3.20. The molecule has 0 saturated carbocycles. The lowest BCUT2D eigenvalue weighted by atomic mass is 10.1. The van der Waals surface area contributed by atoms with Gasteiger partial charge in [0.15, 0.2) is 0 Å². The van der Waals surface area contributed by atoms with Gasteiger partial charge in [-0.05, 0) is 56.2 Å². The van der Waals surface area contributed by atoms with E-state index in [1.54, 1.807) is 6.26 Å². The monoisotopic (exact) mass is 391 g/mol. The first-order valence-electron chi connectivity index (χ1n) is 10.3. The molecule has 5 nitrogen and oxygen atoms in total. The first-order chi connectivity index (χ1) is 14.1. The summed E-state index contributed by atoms with van der Waals surface area (Å²) in [6.45, 7) is 11.8. The maximum atomic E-state index is 5.77. The molecular weight excluding hydrogens is 362 g/mol. The Morgan fingerprint density at radius 2 is 1.79 bits per heavy atom. The highest BCUT2D eigenvalue weighted by atomic mass is 16.5. The van der Waals surface area contributed by atoms with Crippen LogP contribution in [0.15, 0.2) is 53.1 Å². The number of anilines is 1. The number of nitrogens with zero attached hydrogens (tertiary/aromatic N) is 3. The van der Waals surface area contributed by atoms with Gasteiger partial charge in [0.2, 0.25) is 5.89 Å². The Morgan fingerprint density at radius 1 is 1.00 bits per heavy atom. The number of rotatable bonds is 6. The molecule has 0 spiro atoms. The standard InChI is InChI=1S/C24H29N3O2/c1-4-28-23-8-6-5-7-22(23)24-25-20(17-29-24)16-26-11-13-27(14-12-26)21-10-9-18(2)19(3)15-21/h5-10,15,17H,4,11-14,16H2,1-3H3. The lowest BCUT2D eigenvalue weighted by Gasteiger charge is -2.36. The fraction of sp³-hybridized carbons (Fsp3) is 0.375. The van der Waals surface area contributed by atoms with Crippen molar-refractivity contribution in [3.05, 3.63) is 65.5 Å². The third-order valence-corrected chi connectivity index (χ3v) is 5.58. The second kappa shape index (κ2) is 8.70. The topological polar surface area (TPSA) is 41.7 Å². The highest BCUT2D eigenvalue weighted by molar-refractivity contribution is 5.62. The lowest BCUT2D eigenvalue weighted by molar-refractivity contribution is 0.247. The molecule has 29 heavy (non-hydrogen) atoms. The second-order valence-electron chi connectivity index (χ2n) is 7.60. The molecule has 1 aromatic heterocycles. The molecule has 0 radical (unpaired) electrons. The van der Waals surface area contributed by atoms with Crippen LogP contribution in [0.4, 0.5) is 5.69 Å². The third kappa shape index (κ3) is 4.46. The molecule has 0 atom stereocenters. The van der Waals surface area contributed by atoms with Crippen molar-refractivity contribution >= 4 is 5.69 Å². The molecule has 3 aromatic rings. The SMILES string of the molecule is CCOc1ccccc1-c1nc(CN2CCN(c3ccc(C)c(C)c3)CC2)co1. The largest absolute Gasteiger partial charge is 0.493 e. The summed E-state index contributed by atoms with van der Waals surface area (Å²) < 4.78 is 11.5. The summed E-state index contributed by atoms with van der Waals surface area (Å²) in [7, 11) is 0. The summed E-state index contributed by atoms with van der Waals surface area (Å²) in [5.74, 6) is 1.43. The molecule has 1 aliphatic heterocycles. The molecule has 4 rings (SSSR count). The Balaban J connectivity index is 1.37. The van der Waals surface area contributed by atoms with Crippen molar-refractivity contribution in [1.29, 1.82) is 0 Å². The number of aromatic nitrogens is 1. The zero-order chi connectivity index (χ0) is 20.2. The number of para-hydroxylation sites is 1. The summed E-state index contributed by atoms with van der Waals surface area (Å²) in [5, 5.41) is 0. The van der Waals surface area contributed by atoms with Crippen molar-refractivity contribution in [1.82, 2.24) is 9.88 Å². The Kier molecular flexibility index (Phi) is 5.86. The molecule has 1 saturated heterocycles. The fourth-order valence-corrected chi connectivity index (χ4v) is 3.74. The van der Waals surface area contributed by atoms with Gasteiger partial charge in [0, 0.05) is 38.4 Å². The molecule has 2 aromatic carbocycles. The first kappa shape index (κ1) is 19.5. The summed E-state index contributed by atoms with van der Waals surface area (Å²) in [5.41, 5.74) is 5.89. The van der Waals surface area contributed by atoms with Crippen LogP contribution in [-0.4, -0.2) is 42.7 Å². The van der Waals surface area contributed by atoms with Crippen LogP contribution in [0.3, 0.4) is 0 Å². The fourth-order valence-electron chi connectivity index (χ4n) is 3.74. The molecule has 152 valence electrons. The highest BCUT2D eigenvalue weighted by Crippen LogP contribution is 2.29. The van der Waals surface area contributed by atoms with E-state index >= 15 is 0 Å². The lowest BCUT2D eigenvalue weighted by Crippen LogP contribution is -2.46. The van der Waals surface area contributed by atoms with Gasteiger partial charge in [-0.1, -0.05) is 18.2 Å². The molecule has 0 bridgehead atoms. The Labute approximate surface area is 172 Å². The van der Waals surface area contributed by atoms with E-state index in [-0.39, 0.29) is 0 Å². The number of ether oxygens (including phenoxy) is 1. The van der Waals surface area contributed by atoms with Gasteiger partial charge in [-0.15, -0.1) is 0 Å². The van der Waals surface area contributed by atoms with E-state index in [1.165, 1.54) is 16.8 Å².